The van der Waals surface area contributed by atoms with E-state index in [2.05, 4.69) is 15.2 Å². The first-order valence-electron chi connectivity index (χ1n) is 4.80. The molecule has 0 atom stereocenters. The minimum Gasteiger partial charge on any atom is -0.368 e. The van der Waals surface area contributed by atoms with Crippen LogP contribution >= 0.6 is 11.8 Å². The quantitative estimate of drug-likeness (QED) is 0.550. The molecule has 0 bridgehead atoms. The van der Waals surface area contributed by atoms with E-state index in [1.54, 1.807) is 0 Å². The fourth-order valence-electron chi connectivity index (χ4n) is 1.42. The third-order valence-corrected chi connectivity index (χ3v) is 3.01. The number of aromatic amines is 1. The molecule has 1 fully saturated rings. The Bertz CT molecular complexity index is 402. The van der Waals surface area contributed by atoms with Gasteiger partial charge in [-0.25, -0.2) is 5.10 Å². The number of H-pyrrole nitrogens is 1. The van der Waals surface area contributed by atoms with Crippen LogP contribution in [0.1, 0.15) is 12.8 Å². The Morgan fingerprint density at radius 1 is 1.38 bits per heavy atom. The molecule has 7 nitrogen and oxygen atoms in total. The number of nitrogens with two attached hydrogens (primary N) is 1. The lowest BCUT2D eigenvalue weighted by atomic mass is 10.4. The molecule has 1 saturated heterocycles. The average molecular weight is 241 g/mol. The van der Waals surface area contributed by atoms with E-state index in [1.165, 1.54) is 16.7 Å². The second-order valence-corrected chi connectivity index (χ2v) is 4.35. The molecule has 1 aromatic heterocycles. The zero-order valence-corrected chi connectivity index (χ0v) is 9.29. The van der Waals surface area contributed by atoms with Crippen LogP contribution in [0.5, 0.6) is 0 Å². The summed E-state index contributed by atoms with van der Waals surface area (Å²) < 4.78 is 0. The number of carbonyl (C=O) groups excluding carboxylic acids is 2. The van der Waals surface area contributed by atoms with Gasteiger partial charge in [-0.1, -0.05) is 11.8 Å². The largest absolute Gasteiger partial charge is 0.368 e. The maximum absolute atomic E-state index is 11.3. The first-order chi connectivity index (χ1) is 7.66. The lowest BCUT2D eigenvalue weighted by Gasteiger charge is -2.11. The zero-order chi connectivity index (χ0) is 11.5. The predicted molar refractivity (Wildman–Crippen MR) is 57.5 cm³/mol. The predicted octanol–water partition coefficient (Wildman–Crippen LogP) is -0.372. The van der Waals surface area contributed by atoms with Crippen molar-refractivity contribution in [3.8, 4) is 0 Å². The maximum atomic E-state index is 11.3. The molecule has 1 aliphatic heterocycles. The fourth-order valence-corrected chi connectivity index (χ4v) is 2.15. The van der Waals surface area contributed by atoms with Crippen LogP contribution in [0.15, 0.2) is 5.16 Å². The SMILES string of the molecule is Nc1nc(SCCN2C(=O)CCC2=O)n[nH]1. The number of anilines is 1. The summed E-state index contributed by atoms with van der Waals surface area (Å²) in [5.41, 5.74) is 5.36. The molecule has 1 aromatic rings. The molecule has 2 amide bonds. The number of imide groups is 1. The van der Waals surface area contributed by atoms with Crippen LogP contribution in [0.25, 0.3) is 0 Å². The highest BCUT2D eigenvalue weighted by molar-refractivity contribution is 7.99. The Morgan fingerprint density at radius 3 is 2.62 bits per heavy atom. The Hall–Kier alpha value is -1.57. The van der Waals surface area contributed by atoms with Gasteiger partial charge in [0.25, 0.3) is 0 Å². The third kappa shape index (κ3) is 2.32. The summed E-state index contributed by atoms with van der Waals surface area (Å²) in [4.78, 5) is 27.7. The second-order valence-electron chi connectivity index (χ2n) is 3.29. The average Bonchev–Trinajstić information content (AvgIpc) is 2.78. The van der Waals surface area contributed by atoms with Crippen LogP contribution in [0.4, 0.5) is 5.95 Å². The number of thioether (sulfide) groups is 1. The molecule has 0 unspecified atom stereocenters. The molecular formula is C8H11N5O2S. The van der Waals surface area contributed by atoms with Crippen molar-refractivity contribution in [3.63, 3.8) is 0 Å². The number of nitrogen functional groups attached to an aromatic ring is 1. The summed E-state index contributed by atoms with van der Waals surface area (Å²) in [6.07, 6.45) is 0.661. The minimum absolute atomic E-state index is 0.0971. The first-order valence-corrected chi connectivity index (χ1v) is 5.79. The molecule has 8 heteroatoms. The topological polar surface area (TPSA) is 105 Å². The highest BCUT2D eigenvalue weighted by atomic mass is 32.2. The molecule has 0 aromatic carbocycles. The third-order valence-electron chi connectivity index (χ3n) is 2.18. The van der Waals surface area contributed by atoms with Gasteiger partial charge in [0.1, 0.15) is 0 Å². The van der Waals surface area contributed by atoms with Crippen LogP contribution < -0.4 is 5.73 Å². The number of likely N-dealkylation sites (tertiary alicyclic amines) is 1. The summed E-state index contributed by atoms with van der Waals surface area (Å²) in [7, 11) is 0. The van der Waals surface area contributed by atoms with Gasteiger partial charge in [0.05, 0.1) is 0 Å². The Morgan fingerprint density at radius 2 is 2.06 bits per heavy atom. The van der Waals surface area contributed by atoms with Gasteiger partial charge >= 0.3 is 0 Å². The molecule has 0 radical (unpaired) electrons. The van der Waals surface area contributed by atoms with Crippen molar-refractivity contribution in [2.75, 3.05) is 18.0 Å². The summed E-state index contributed by atoms with van der Waals surface area (Å²) in [6.45, 7) is 0.400. The van der Waals surface area contributed by atoms with Gasteiger partial charge in [0, 0.05) is 25.1 Å². The van der Waals surface area contributed by atoms with Crippen LogP contribution in [-0.2, 0) is 9.59 Å². The minimum atomic E-state index is -0.0971. The van der Waals surface area contributed by atoms with Gasteiger partial charge in [0.15, 0.2) is 0 Å². The van der Waals surface area contributed by atoms with E-state index in [0.29, 0.717) is 30.3 Å². The molecule has 2 heterocycles. The lowest BCUT2D eigenvalue weighted by Crippen LogP contribution is -2.31. The molecule has 3 N–H and O–H groups in total. The van der Waals surface area contributed by atoms with E-state index in [-0.39, 0.29) is 17.8 Å². The number of hydrogen-bond acceptors (Lipinski definition) is 6. The number of nitrogens with one attached hydrogen (secondary N) is 1. The lowest BCUT2D eigenvalue weighted by molar-refractivity contribution is -0.137. The molecule has 0 aliphatic carbocycles. The number of nitrogens with zero attached hydrogens (tertiary/aromatic N) is 3. The van der Waals surface area contributed by atoms with E-state index in [9.17, 15) is 9.59 Å². The molecule has 86 valence electrons. The first kappa shape index (κ1) is 10.9. The normalized spacial score (nSPS) is 16.1. The molecular weight excluding hydrogens is 230 g/mol. The van der Waals surface area contributed by atoms with Gasteiger partial charge < -0.3 is 5.73 Å². The van der Waals surface area contributed by atoms with E-state index in [1.807, 2.05) is 0 Å². The standard InChI is InChI=1S/C8H11N5O2S/c9-7-10-8(12-11-7)16-4-3-13-5(14)1-2-6(13)15/h1-4H2,(H3,9,10,11,12). The molecule has 0 saturated carbocycles. The number of rotatable bonds is 4. The highest BCUT2D eigenvalue weighted by Crippen LogP contribution is 2.16. The van der Waals surface area contributed by atoms with Crippen LogP contribution in [0, 0.1) is 0 Å². The van der Waals surface area contributed by atoms with Crippen LogP contribution in [0.3, 0.4) is 0 Å². The van der Waals surface area contributed by atoms with Gasteiger partial charge in [-0.2, -0.15) is 4.98 Å². The van der Waals surface area contributed by atoms with Gasteiger partial charge in [-0.05, 0) is 0 Å². The smallest absolute Gasteiger partial charge is 0.229 e. The molecule has 2 rings (SSSR count). The number of carbonyl (C=O) groups is 2. The summed E-state index contributed by atoms with van der Waals surface area (Å²) in [5.74, 6) is 0.644. The van der Waals surface area contributed by atoms with E-state index >= 15 is 0 Å². The van der Waals surface area contributed by atoms with Gasteiger partial charge in [0.2, 0.25) is 22.9 Å². The summed E-state index contributed by atoms with van der Waals surface area (Å²) >= 11 is 1.35. The van der Waals surface area contributed by atoms with Crippen LogP contribution in [0.2, 0.25) is 0 Å². The highest BCUT2D eigenvalue weighted by Gasteiger charge is 2.28. The maximum Gasteiger partial charge on any atom is 0.229 e. The number of hydrogen-bond donors (Lipinski definition) is 2. The van der Waals surface area contributed by atoms with Crippen molar-refractivity contribution in [1.29, 1.82) is 0 Å². The second kappa shape index (κ2) is 4.52. The van der Waals surface area contributed by atoms with Gasteiger partial charge in [-0.3, -0.25) is 14.5 Å². The number of amides is 2. The van der Waals surface area contributed by atoms with E-state index in [0.717, 1.165) is 0 Å². The van der Waals surface area contributed by atoms with E-state index < -0.39 is 0 Å². The fraction of sp³-hybridized carbons (Fsp3) is 0.500. The summed E-state index contributed by atoms with van der Waals surface area (Å²) in [6, 6.07) is 0. The van der Waals surface area contributed by atoms with Crippen molar-refractivity contribution in [3.05, 3.63) is 0 Å². The van der Waals surface area contributed by atoms with Crippen molar-refractivity contribution < 1.29 is 9.59 Å². The monoisotopic (exact) mass is 241 g/mol. The van der Waals surface area contributed by atoms with Crippen molar-refractivity contribution in [2.45, 2.75) is 18.0 Å². The molecule has 0 spiro atoms. The van der Waals surface area contributed by atoms with E-state index in [4.69, 9.17) is 5.73 Å². The van der Waals surface area contributed by atoms with Crippen molar-refractivity contribution in [2.24, 2.45) is 0 Å². The van der Waals surface area contributed by atoms with Gasteiger partial charge in [-0.15, -0.1) is 5.10 Å². The Kier molecular flexibility index (Phi) is 3.09. The Labute approximate surface area is 95.8 Å². The van der Waals surface area contributed by atoms with Crippen molar-refractivity contribution in [1.82, 2.24) is 20.1 Å². The molecule has 1 aliphatic rings. The zero-order valence-electron chi connectivity index (χ0n) is 8.47. The Balaban J connectivity index is 1.80. The van der Waals surface area contributed by atoms with Crippen molar-refractivity contribution >= 4 is 29.5 Å². The summed E-state index contributed by atoms with van der Waals surface area (Å²) in [5, 5.41) is 6.87. The van der Waals surface area contributed by atoms with Crippen LogP contribution in [-0.4, -0.2) is 44.2 Å². The molecule has 16 heavy (non-hydrogen) atoms. The number of aromatic nitrogens is 3.